The van der Waals surface area contributed by atoms with Crippen molar-refractivity contribution in [3.05, 3.63) is 41.3 Å². The number of hydrogen-bond acceptors (Lipinski definition) is 4. The molecule has 1 unspecified atom stereocenters. The van der Waals surface area contributed by atoms with Gasteiger partial charge < -0.3 is 10.6 Å². The van der Waals surface area contributed by atoms with Gasteiger partial charge in [0.2, 0.25) is 0 Å². The van der Waals surface area contributed by atoms with Crippen LogP contribution in [-0.2, 0) is 0 Å². The van der Waals surface area contributed by atoms with Crippen molar-refractivity contribution >= 4 is 29.8 Å². The first-order valence-electron chi connectivity index (χ1n) is 6.18. The highest BCUT2D eigenvalue weighted by Gasteiger charge is 2.11. The lowest BCUT2D eigenvalue weighted by Gasteiger charge is -2.10. The maximum absolute atomic E-state index is 11.9. The Morgan fingerprint density at radius 1 is 1.35 bits per heavy atom. The van der Waals surface area contributed by atoms with Gasteiger partial charge in [-0.2, -0.15) is 4.37 Å². The summed E-state index contributed by atoms with van der Waals surface area (Å²) in [4.78, 5) is 12.6. The number of benzene rings is 1. The Morgan fingerprint density at radius 3 is 2.70 bits per heavy atom. The number of amides is 1. The first kappa shape index (κ1) is 16.6. The van der Waals surface area contributed by atoms with Crippen molar-refractivity contribution in [3.8, 4) is 11.3 Å². The number of aromatic nitrogens is 1. The second-order valence-electron chi connectivity index (χ2n) is 4.34. The molecular weight excluding hydrogens is 294 g/mol. The number of halogens is 1. The van der Waals surface area contributed by atoms with E-state index in [1.54, 1.807) is 0 Å². The van der Waals surface area contributed by atoms with Crippen molar-refractivity contribution in [3.63, 3.8) is 0 Å². The van der Waals surface area contributed by atoms with Gasteiger partial charge in [0.1, 0.15) is 4.88 Å². The van der Waals surface area contributed by atoms with Crippen LogP contribution in [0.2, 0.25) is 0 Å². The van der Waals surface area contributed by atoms with E-state index in [-0.39, 0.29) is 24.4 Å². The summed E-state index contributed by atoms with van der Waals surface area (Å²) >= 11 is 1.23. The second-order valence-corrected chi connectivity index (χ2v) is 5.15. The molecule has 108 valence electrons. The van der Waals surface area contributed by atoms with E-state index < -0.39 is 0 Å². The van der Waals surface area contributed by atoms with Crippen LogP contribution in [0.5, 0.6) is 0 Å². The third-order valence-electron chi connectivity index (χ3n) is 2.87. The van der Waals surface area contributed by atoms with Gasteiger partial charge in [-0.05, 0) is 31.6 Å². The van der Waals surface area contributed by atoms with E-state index in [1.807, 2.05) is 50.4 Å². The first-order chi connectivity index (χ1) is 9.20. The first-order valence-corrected chi connectivity index (χ1v) is 6.95. The van der Waals surface area contributed by atoms with Gasteiger partial charge in [0.25, 0.3) is 5.91 Å². The van der Waals surface area contributed by atoms with E-state index in [2.05, 4.69) is 15.0 Å². The third-order valence-corrected chi connectivity index (χ3v) is 3.65. The van der Waals surface area contributed by atoms with Gasteiger partial charge >= 0.3 is 0 Å². The standard InChI is InChI=1S/C14H17N3OS.ClH/c1-10(15-2)9-16-14(18)13-8-12(17-19-13)11-6-4-3-5-7-11;/h3-8,10,15H,9H2,1-2H3,(H,16,18);1H. The van der Waals surface area contributed by atoms with Crippen LogP contribution >= 0.6 is 23.9 Å². The normalized spacial score (nSPS) is 11.5. The summed E-state index contributed by atoms with van der Waals surface area (Å²) in [6.07, 6.45) is 0. The zero-order valence-electron chi connectivity index (χ0n) is 11.4. The number of rotatable bonds is 5. The molecule has 2 N–H and O–H groups in total. The van der Waals surface area contributed by atoms with Crippen LogP contribution in [0.4, 0.5) is 0 Å². The Morgan fingerprint density at radius 2 is 2.05 bits per heavy atom. The van der Waals surface area contributed by atoms with Crippen molar-refractivity contribution in [2.75, 3.05) is 13.6 Å². The van der Waals surface area contributed by atoms with Crippen LogP contribution in [-0.4, -0.2) is 29.9 Å². The average molecular weight is 312 g/mol. The Labute approximate surface area is 129 Å². The molecule has 2 rings (SSSR count). The summed E-state index contributed by atoms with van der Waals surface area (Å²) in [5, 5.41) is 5.96. The smallest absolute Gasteiger partial charge is 0.263 e. The Kier molecular flexibility index (Phi) is 6.64. The number of carbonyl (C=O) groups is 1. The molecule has 0 spiro atoms. The number of likely N-dealkylation sites (N-methyl/N-ethyl adjacent to an activating group) is 1. The van der Waals surface area contributed by atoms with E-state index in [4.69, 9.17) is 0 Å². The Hall–Kier alpha value is -1.43. The topological polar surface area (TPSA) is 54.0 Å². The van der Waals surface area contributed by atoms with Crippen molar-refractivity contribution in [1.29, 1.82) is 0 Å². The van der Waals surface area contributed by atoms with Gasteiger partial charge in [0.05, 0.1) is 5.69 Å². The molecule has 1 atom stereocenters. The molecule has 20 heavy (non-hydrogen) atoms. The number of carbonyl (C=O) groups excluding carboxylic acids is 1. The molecule has 0 aliphatic heterocycles. The summed E-state index contributed by atoms with van der Waals surface area (Å²) in [6, 6.07) is 11.9. The molecule has 2 aromatic rings. The van der Waals surface area contributed by atoms with Crippen LogP contribution in [0, 0.1) is 0 Å². The highest BCUT2D eigenvalue weighted by atomic mass is 35.5. The van der Waals surface area contributed by atoms with Crippen LogP contribution in [0.3, 0.4) is 0 Å². The zero-order valence-corrected chi connectivity index (χ0v) is 13.1. The van der Waals surface area contributed by atoms with Crippen molar-refractivity contribution in [2.45, 2.75) is 13.0 Å². The minimum absolute atomic E-state index is 0. The van der Waals surface area contributed by atoms with Crippen LogP contribution < -0.4 is 10.6 Å². The van der Waals surface area contributed by atoms with E-state index >= 15 is 0 Å². The predicted octanol–water partition coefficient (Wildman–Crippen LogP) is 2.57. The maximum Gasteiger partial charge on any atom is 0.263 e. The molecule has 4 nitrogen and oxygen atoms in total. The Bertz CT molecular complexity index is 544. The van der Waals surface area contributed by atoms with Gasteiger partial charge in [0, 0.05) is 18.2 Å². The molecule has 0 aliphatic carbocycles. The van der Waals surface area contributed by atoms with Gasteiger partial charge in [-0.25, -0.2) is 0 Å². The molecule has 0 saturated heterocycles. The molecule has 1 aromatic heterocycles. The minimum Gasteiger partial charge on any atom is -0.350 e. The monoisotopic (exact) mass is 311 g/mol. The van der Waals surface area contributed by atoms with Crippen molar-refractivity contribution in [1.82, 2.24) is 15.0 Å². The molecular formula is C14H18ClN3OS. The molecule has 6 heteroatoms. The number of nitrogens with zero attached hydrogens (tertiary/aromatic N) is 1. The van der Waals surface area contributed by atoms with E-state index in [0.29, 0.717) is 11.4 Å². The number of hydrogen-bond donors (Lipinski definition) is 2. The lowest BCUT2D eigenvalue weighted by atomic mass is 10.1. The minimum atomic E-state index is -0.0678. The summed E-state index contributed by atoms with van der Waals surface area (Å²) < 4.78 is 4.32. The maximum atomic E-state index is 11.9. The quantitative estimate of drug-likeness (QED) is 0.892. The average Bonchev–Trinajstić information content (AvgIpc) is 2.95. The lowest BCUT2D eigenvalue weighted by Crippen LogP contribution is -2.36. The highest BCUT2D eigenvalue weighted by Crippen LogP contribution is 2.21. The molecule has 0 fully saturated rings. The van der Waals surface area contributed by atoms with E-state index in [1.165, 1.54) is 11.5 Å². The van der Waals surface area contributed by atoms with Gasteiger partial charge in [0.15, 0.2) is 0 Å². The van der Waals surface area contributed by atoms with Crippen LogP contribution in [0.25, 0.3) is 11.3 Å². The van der Waals surface area contributed by atoms with Gasteiger partial charge in [-0.3, -0.25) is 4.79 Å². The molecule has 1 heterocycles. The van der Waals surface area contributed by atoms with E-state index in [9.17, 15) is 4.79 Å². The van der Waals surface area contributed by atoms with Crippen LogP contribution in [0.15, 0.2) is 36.4 Å². The zero-order chi connectivity index (χ0) is 13.7. The SMILES string of the molecule is CNC(C)CNC(=O)c1cc(-c2ccccc2)ns1.Cl. The largest absolute Gasteiger partial charge is 0.350 e. The lowest BCUT2D eigenvalue weighted by molar-refractivity contribution is 0.0954. The molecule has 1 amide bonds. The van der Waals surface area contributed by atoms with Crippen molar-refractivity contribution in [2.24, 2.45) is 0 Å². The number of nitrogens with one attached hydrogen (secondary N) is 2. The summed E-state index contributed by atoms with van der Waals surface area (Å²) in [6.45, 7) is 2.62. The second kappa shape index (κ2) is 7.99. The Balaban J connectivity index is 0.00000200. The fraction of sp³-hybridized carbons (Fsp3) is 0.286. The van der Waals surface area contributed by atoms with E-state index in [0.717, 1.165) is 11.3 Å². The molecule has 1 aromatic carbocycles. The highest BCUT2D eigenvalue weighted by molar-refractivity contribution is 7.08. The van der Waals surface area contributed by atoms with Gasteiger partial charge in [-0.15, -0.1) is 12.4 Å². The van der Waals surface area contributed by atoms with Crippen LogP contribution in [0.1, 0.15) is 16.6 Å². The summed E-state index contributed by atoms with van der Waals surface area (Å²) in [5.41, 5.74) is 1.87. The molecule has 0 radical (unpaired) electrons. The third kappa shape index (κ3) is 4.30. The molecule has 0 saturated carbocycles. The fourth-order valence-electron chi connectivity index (χ4n) is 1.56. The molecule has 0 bridgehead atoms. The summed E-state index contributed by atoms with van der Waals surface area (Å²) in [5.74, 6) is -0.0678. The predicted molar refractivity (Wildman–Crippen MR) is 85.7 cm³/mol. The van der Waals surface area contributed by atoms with Gasteiger partial charge in [-0.1, -0.05) is 30.3 Å². The summed E-state index contributed by atoms with van der Waals surface area (Å²) in [7, 11) is 1.87. The van der Waals surface area contributed by atoms with Crippen molar-refractivity contribution < 1.29 is 4.79 Å². The fourth-order valence-corrected chi connectivity index (χ4v) is 2.24. The molecule has 0 aliphatic rings.